The van der Waals surface area contributed by atoms with Crippen LogP contribution in [-0.4, -0.2) is 37.2 Å². The number of Topliss-reactive ketones (excluding diaryl/α,β-unsaturated/α-hetero) is 1. The smallest absolute Gasteiger partial charge is 0.268 e. The number of nitriles is 1. The van der Waals surface area contributed by atoms with E-state index < -0.39 is 15.8 Å². The normalized spacial score (nSPS) is 12.0. The number of fused-ring (bicyclic) bond motifs is 1. The van der Waals surface area contributed by atoms with Crippen molar-refractivity contribution in [1.82, 2.24) is 8.87 Å². The Hall–Kier alpha value is -3.37. The maximum absolute atomic E-state index is 13.4. The summed E-state index contributed by atoms with van der Waals surface area (Å²) in [6.45, 7) is 1.84. The summed E-state index contributed by atoms with van der Waals surface area (Å²) in [5.74, 6) is -0.647. The van der Waals surface area contributed by atoms with Crippen LogP contribution in [0.15, 0.2) is 71.3 Å². The molecular formula is C21H19N3O3S. The molecule has 0 amide bonds. The maximum Gasteiger partial charge on any atom is 0.268 e. The Labute approximate surface area is 164 Å². The summed E-state index contributed by atoms with van der Waals surface area (Å²) < 4.78 is 27.8. The van der Waals surface area contributed by atoms with Crippen LogP contribution in [0.5, 0.6) is 0 Å². The number of nitrogens with zero attached hydrogens (tertiary/aromatic N) is 3. The molecule has 0 radical (unpaired) electrons. The molecule has 0 aliphatic heterocycles. The number of hydrogen-bond acceptors (Lipinski definition) is 5. The zero-order valence-electron chi connectivity index (χ0n) is 15.7. The van der Waals surface area contributed by atoms with Gasteiger partial charge in [-0.3, -0.25) is 4.79 Å². The van der Waals surface area contributed by atoms with Gasteiger partial charge in [0.1, 0.15) is 17.3 Å². The fourth-order valence-electron chi connectivity index (χ4n) is 3.00. The molecule has 0 saturated carbocycles. The number of benzene rings is 2. The fourth-order valence-corrected chi connectivity index (χ4v) is 4.53. The topological polar surface area (TPSA) is 83.2 Å². The maximum atomic E-state index is 13.4. The van der Waals surface area contributed by atoms with Gasteiger partial charge in [-0.1, -0.05) is 30.3 Å². The number of rotatable bonds is 5. The Morgan fingerprint density at radius 2 is 1.79 bits per heavy atom. The minimum Gasteiger partial charge on any atom is -0.382 e. The van der Waals surface area contributed by atoms with E-state index in [0.29, 0.717) is 10.9 Å². The average Bonchev–Trinajstić information content (AvgIpc) is 3.08. The Bertz CT molecular complexity index is 1230. The van der Waals surface area contributed by atoms with Crippen LogP contribution < -0.4 is 0 Å². The molecule has 0 atom stereocenters. The minimum atomic E-state index is -4.04. The molecule has 1 heterocycles. The van der Waals surface area contributed by atoms with Gasteiger partial charge in [-0.15, -0.1) is 0 Å². The molecular weight excluding hydrogens is 374 g/mol. The number of allylic oxidation sites excluding steroid dienone is 1. The molecule has 1 aromatic heterocycles. The number of aryl methyl sites for hydroxylation is 1. The van der Waals surface area contributed by atoms with E-state index in [1.54, 1.807) is 49.3 Å². The monoisotopic (exact) mass is 393 g/mol. The summed E-state index contributed by atoms with van der Waals surface area (Å²) in [6.07, 6.45) is 1.38. The lowest BCUT2D eigenvalue weighted by Gasteiger charge is -2.12. The van der Waals surface area contributed by atoms with E-state index in [9.17, 15) is 18.5 Å². The van der Waals surface area contributed by atoms with Gasteiger partial charge in [-0.2, -0.15) is 5.26 Å². The van der Waals surface area contributed by atoms with E-state index in [-0.39, 0.29) is 16.2 Å². The van der Waals surface area contributed by atoms with Crippen molar-refractivity contribution in [1.29, 1.82) is 5.26 Å². The van der Waals surface area contributed by atoms with E-state index in [4.69, 9.17) is 0 Å². The Morgan fingerprint density at radius 3 is 2.39 bits per heavy atom. The van der Waals surface area contributed by atoms with Crippen molar-refractivity contribution in [3.8, 4) is 6.07 Å². The van der Waals surface area contributed by atoms with Gasteiger partial charge < -0.3 is 4.90 Å². The first-order valence-electron chi connectivity index (χ1n) is 8.52. The van der Waals surface area contributed by atoms with E-state index in [1.807, 2.05) is 19.1 Å². The quantitative estimate of drug-likeness (QED) is 0.377. The summed E-state index contributed by atoms with van der Waals surface area (Å²) in [6, 6.07) is 16.6. The van der Waals surface area contributed by atoms with Gasteiger partial charge >= 0.3 is 0 Å². The Kier molecular flexibility index (Phi) is 5.08. The third-order valence-electron chi connectivity index (χ3n) is 4.29. The van der Waals surface area contributed by atoms with E-state index in [2.05, 4.69) is 0 Å². The van der Waals surface area contributed by atoms with Crippen molar-refractivity contribution in [3.63, 3.8) is 0 Å². The second-order valence-corrected chi connectivity index (χ2v) is 8.35. The molecule has 0 saturated heterocycles. The molecule has 0 bridgehead atoms. The number of hydrogen-bond donors (Lipinski definition) is 0. The van der Waals surface area contributed by atoms with E-state index in [1.165, 1.54) is 24.4 Å². The van der Waals surface area contributed by atoms with Crippen molar-refractivity contribution in [2.45, 2.75) is 11.8 Å². The summed E-state index contributed by atoms with van der Waals surface area (Å²) in [5.41, 5.74) is 1.02. The molecule has 3 aromatic rings. The van der Waals surface area contributed by atoms with Gasteiger partial charge in [0, 0.05) is 25.7 Å². The Balaban J connectivity index is 2.37. The first-order valence-corrected chi connectivity index (χ1v) is 9.96. The van der Waals surface area contributed by atoms with Crippen LogP contribution in [0.1, 0.15) is 16.1 Å². The lowest BCUT2D eigenvalue weighted by molar-refractivity contribution is 0.103. The van der Waals surface area contributed by atoms with Crippen molar-refractivity contribution in [2.75, 3.05) is 14.1 Å². The largest absolute Gasteiger partial charge is 0.382 e. The van der Waals surface area contributed by atoms with E-state index in [0.717, 1.165) is 9.54 Å². The van der Waals surface area contributed by atoms with Crippen LogP contribution in [0.25, 0.3) is 10.9 Å². The van der Waals surface area contributed by atoms with Gasteiger partial charge in [0.2, 0.25) is 5.78 Å². The summed E-state index contributed by atoms with van der Waals surface area (Å²) in [5, 5.41) is 10.1. The first kappa shape index (κ1) is 19.4. The highest BCUT2D eigenvalue weighted by Crippen LogP contribution is 2.29. The predicted molar refractivity (Wildman–Crippen MR) is 107 cm³/mol. The predicted octanol–water partition coefficient (Wildman–Crippen LogP) is 3.34. The molecule has 6 nitrogen and oxygen atoms in total. The zero-order chi connectivity index (χ0) is 20.5. The molecule has 3 rings (SSSR count). The fraction of sp³-hybridized carbons (Fsp3) is 0.143. The molecule has 28 heavy (non-hydrogen) atoms. The van der Waals surface area contributed by atoms with Crippen molar-refractivity contribution in [3.05, 3.63) is 77.6 Å². The average molecular weight is 393 g/mol. The molecule has 0 aliphatic carbocycles. The Morgan fingerprint density at radius 1 is 1.11 bits per heavy atom. The van der Waals surface area contributed by atoms with Gasteiger partial charge in [0.05, 0.1) is 10.4 Å². The molecule has 0 aliphatic rings. The number of aromatic nitrogens is 1. The van der Waals surface area contributed by atoms with Gasteiger partial charge in [-0.05, 0) is 36.8 Å². The molecule has 0 unspecified atom stereocenters. The SMILES string of the molecule is Cc1cccc2c1cc(C(=O)C(C#N)=CN(C)C)n2S(=O)(=O)c1ccccc1. The molecule has 0 N–H and O–H groups in total. The van der Waals surface area contributed by atoms with Crippen LogP contribution in [0.3, 0.4) is 0 Å². The molecule has 0 spiro atoms. The first-order chi connectivity index (χ1) is 13.3. The third-order valence-corrected chi connectivity index (χ3v) is 6.03. The molecule has 0 fully saturated rings. The van der Waals surface area contributed by atoms with Crippen LogP contribution in [0, 0.1) is 18.3 Å². The highest BCUT2D eigenvalue weighted by molar-refractivity contribution is 7.90. The van der Waals surface area contributed by atoms with Crippen LogP contribution in [-0.2, 0) is 10.0 Å². The van der Waals surface area contributed by atoms with Gasteiger partial charge in [-0.25, -0.2) is 12.4 Å². The van der Waals surface area contributed by atoms with Gasteiger partial charge in [0.15, 0.2) is 0 Å². The number of carbonyl (C=O) groups is 1. The number of ketones is 1. The molecule has 142 valence electrons. The summed E-state index contributed by atoms with van der Waals surface area (Å²) >= 11 is 0. The molecule has 7 heteroatoms. The summed E-state index contributed by atoms with van der Waals surface area (Å²) in [7, 11) is -0.668. The van der Waals surface area contributed by atoms with Crippen LogP contribution >= 0.6 is 0 Å². The van der Waals surface area contributed by atoms with Gasteiger partial charge in [0.25, 0.3) is 10.0 Å². The lowest BCUT2D eigenvalue weighted by Crippen LogP contribution is -2.20. The minimum absolute atomic E-state index is 0.0668. The third kappa shape index (κ3) is 3.30. The highest BCUT2D eigenvalue weighted by atomic mass is 32.2. The van der Waals surface area contributed by atoms with Crippen LogP contribution in [0.4, 0.5) is 0 Å². The summed E-state index contributed by atoms with van der Waals surface area (Å²) in [4.78, 5) is 14.7. The van der Waals surface area contributed by atoms with Crippen molar-refractivity contribution >= 4 is 26.7 Å². The van der Waals surface area contributed by atoms with Crippen LogP contribution in [0.2, 0.25) is 0 Å². The van der Waals surface area contributed by atoms with Crippen molar-refractivity contribution < 1.29 is 13.2 Å². The highest BCUT2D eigenvalue weighted by Gasteiger charge is 2.28. The second-order valence-electron chi connectivity index (χ2n) is 6.57. The lowest BCUT2D eigenvalue weighted by atomic mass is 10.1. The van der Waals surface area contributed by atoms with Crippen molar-refractivity contribution in [2.24, 2.45) is 0 Å². The second kappa shape index (κ2) is 7.33. The zero-order valence-corrected chi connectivity index (χ0v) is 16.6. The standard InChI is InChI=1S/C21H19N3O3S/c1-15-8-7-11-19-18(15)12-20(21(25)16(13-22)14-23(2)3)24(19)28(26,27)17-9-5-4-6-10-17/h4-12,14H,1-3H3. The number of carbonyl (C=O) groups excluding carboxylic acids is 1. The van der Waals surface area contributed by atoms with E-state index >= 15 is 0 Å². The molecule has 2 aromatic carbocycles.